The highest BCUT2D eigenvalue weighted by molar-refractivity contribution is 6.30. The number of aromatic nitrogens is 2. The molecule has 5 heteroatoms. The molecule has 0 saturated carbocycles. The average molecular weight is 245 g/mol. The predicted octanol–water partition coefficient (Wildman–Crippen LogP) is 1.46. The fraction of sp³-hybridized carbons (Fsp3) is 0.727. The van der Waals surface area contributed by atoms with Crippen LogP contribution in [0.3, 0.4) is 0 Å². The van der Waals surface area contributed by atoms with Gasteiger partial charge in [-0.1, -0.05) is 11.6 Å². The van der Waals surface area contributed by atoms with Crippen molar-refractivity contribution in [1.82, 2.24) is 9.78 Å². The van der Waals surface area contributed by atoms with Gasteiger partial charge in [-0.2, -0.15) is 5.10 Å². The molecular formula is C11H17ClN2O2. The molecule has 0 aliphatic carbocycles. The fourth-order valence-electron chi connectivity index (χ4n) is 2.18. The van der Waals surface area contributed by atoms with Crippen LogP contribution in [0.4, 0.5) is 0 Å². The minimum Gasteiger partial charge on any atom is -0.387 e. The lowest BCUT2D eigenvalue weighted by Crippen LogP contribution is -2.38. The molecule has 1 aromatic heterocycles. The summed E-state index contributed by atoms with van der Waals surface area (Å²) in [6.45, 7) is 4.41. The van der Waals surface area contributed by atoms with Crippen LogP contribution in [0.2, 0.25) is 5.15 Å². The lowest BCUT2D eigenvalue weighted by molar-refractivity contribution is -0.0269. The molecule has 0 bridgehead atoms. The molecule has 0 aromatic carbocycles. The molecule has 1 fully saturated rings. The third-order valence-electron chi connectivity index (χ3n) is 3.41. The van der Waals surface area contributed by atoms with Crippen LogP contribution in [-0.4, -0.2) is 33.2 Å². The van der Waals surface area contributed by atoms with Crippen LogP contribution in [0.15, 0.2) is 0 Å². The average Bonchev–Trinajstić information content (AvgIpc) is 2.64. The van der Waals surface area contributed by atoms with Crippen molar-refractivity contribution >= 4 is 11.6 Å². The third-order valence-corrected chi connectivity index (χ3v) is 3.89. The fourth-order valence-corrected chi connectivity index (χ4v) is 2.43. The van der Waals surface area contributed by atoms with Crippen molar-refractivity contribution < 1.29 is 9.84 Å². The van der Waals surface area contributed by atoms with Gasteiger partial charge >= 0.3 is 0 Å². The third kappa shape index (κ3) is 1.85. The summed E-state index contributed by atoms with van der Waals surface area (Å²) in [5.74, 6) is 0. The minimum absolute atomic E-state index is 0.150. The highest BCUT2D eigenvalue weighted by Gasteiger charge is 2.40. The van der Waals surface area contributed by atoms with Crippen molar-refractivity contribution in [1.29, 1.82) is 0 Å². The van der Waals surface area contributed by atoms with Gasteiger partial charge in [-0.25, -0.2) is 0 Å². The minimum atomic E-state index is -0.808. The smallest absolute Gasteiger partial charge is 0.130 e. The van der Waals surface area contributed by atoms with Gasteiger partial charge in [0.05, 0.1) is 17.4 Å². The first kappa shape index (κ1) is 11.9. The molecule has 1 aliphatic rings. The van der Waals surface area contributed by atoms with E-state index in [1.807, 2.05) is 13.8 Å². The molecule has 2 rings (SSSR count). The summed E-state index contributed by atoms with van der Waals surface area (Å²) in [4.78, 5) is 0. The molecule has 4 nitrogen and oxygen atoms in total. The largest absolute Gasteiger partial charge is 0.387 e. The van der Waals surface area contributed by atoms with Crippen LogP contribution < -0.4 is 0 Å². The van der Waals surface area contributed by atoms with E-state index in [1.54, 1.807) is 11.7 Å². The Balaban J connectivity index is 2.26. The summed E-state index contributed by atoms with van der Waals surface area (Å²) >= 11 is 6.15. The maximum absolute atomic E-state index is 10.5. The van der Waals surface area contributed by atoms with Gasteiger partial charge < -0.3 is 9.84 Å². The number of halogens is 1. The van der Waals surface area contributed by atoms with Crippen LogP contribution in [0, 0.1) is 6.92 Å². The molecule has 0 spiro atoms. The van der Waals surface area contributed by atoms with Gasteiger partial charge in [0.25, 0.3) is 0 Å². The van der Waals surface area contributed by atoms with Crippen LogP contribution in [-0.2, 0) is 18.2 Å². The van der Waals surface area contributed by atoms with E-state index in [-0.39, 0.29) is 6.10 Å². The lowest BCUT2D eigenvalue weighted by atomic mass is 9.89. The van der Waals surface area contributed by atoms with Crippen LogP contribution in [0.5, 0.6) is 0 Å². The van der Waals surface area contributed by atoms with Crippen molar-refractivity contribution in [3.63, 3.8) is 0 Å². The van der Waals surface area contributed by atoms with Crippen LogP contribution in [0.25, 0.3) is 0 Å². The predicted molar refractivity (Wildman–Crippen MR) is 61.6 cm³/mol. The Hall–Kier alpha value is -0.580. The second kappa shape index (κ2) is 4.02. The second-order valence-electron chi connectivity index (χ2n) is 4.52. The van der Waals surface area contributed by atoms with E-state index in [0.717, 1.165) is 11.3 Å². The van der Waals surface area contributed by atoms with Gasteiger partial charge in [0.15, 0.2) is 0 Å². The number of hydrogen-bond donors (Lipinski definition) is 1. The van der Waals surface area contributed by atoms with E-state index in [2.05, 4.69) is 5.10 Å². The number of hydrogen-bond acceptors (Lipinski definition) is 3. The van der Waals surface area contributed by atoms with E-state index < -0.39 is 5.60 Å². The number of aryl methyl sites for hydroxylation is 2. The highest BCUT2D eigenvalue weighted by atomic mass is 35.5. The summed E-state index contributed by atoms with van der Waals surface area (Å²) in [6, 6.07) is 0. The summed E-state index contributed by atoms with van der Waals surface area (Å²) in [5.41, 5.74) is 0.987. The van der Waals surface area contributed by atoms with Crippen molar-refractivity contribution in [2.75, 3.05) is 6.61 Å². The second-order valence-corrected chi connectivity index (χ2v) is 4.88. The molecule has 1 saturated heterocycles. The highest BCUT2D eigenvalue weighted by Crippen LogP contribution is 2.32. The van der Waals surface area contributed by atoms with Crippen molar-refractivity contribution in [2.24, 2.45) is 7.05 Å². The van der Waals surface area contributed by atoms with E-state index in [0.29, 0.717) is 24.6 Å². The van der Waals surface area contributed by atoms with Gasteiger partial charge in [0.1, 0.15) is 5.15 Å². The first-order chi connectivity index (χ1) is 7.44. The lowest BCUT2D eigenvalue weighted by Gasteiger charge is -2.25. The zero-order valence-corrected chi connectivity index (χ0v) is 10.6. The summed E-state index contributed by atoms with van der Waals surface area (Å²) < 4.78 is 7.04. The quantitative estimate of drug-likeness (QED) is 0.857. The SMILES string of the molecule is Cc1nn(C)c(Cl)c1CC1(O)CCOC1C. The number of rotatable bonds is 2. The number of nitrogens with zero attached hydrogens (tertiary/aromatic N) is 2. The van der Waals surface area contributed by atoms with Gasteiger partial charge in [0.2, 0.25) is 0 Å². The van der Waals surface area contributed by atoms with E-state index in [4.69, 9.17) is 16.3 Å². The zero-order valence-electron chi connectivity index (χ0n) is 9.83. The standard InChI is InChI=1S/C11H17ClN2O2/c1-7-9(10(12)14(3)13-7)6-11(15)4-5-16-8(11)2/h8,15H,4-6H2,1-3H3. The molecule has 1 aromatic rings. The van der Waals surface area contributed by atoms with Gasteiger partial charge in [-0.05, 0) is 13.8 Å². The summed E-state index contributed by atoms with van der Waals surface area (Å²) in [5, 5.41) is 15.3. The van der Waals surface area contributed by atoms with Crippen LogP contribution in [0.1, 0.15) is 24.6 Å². The molecule has 0 radical (unpaired) electrons. The topological polar surface area (TPSA) is 47.3 Å². The molecule has 16 heavy (non-hydrogen) atoms. The number of ether oxygens (including phenoxy) is 1. The molecule has 1 aliphatic heterocycles. The van der Waals surface area contributed by atoms with Gasteiger partial charge in [0, 0.05) is 32.1 Å². The summed E-state index contributed by atoms with van der Waals surface area (Å²) in [6.07, 6.45) is 1.01. The van der Waals surface area contributed by atoms with Crippen molar-refractivity contribution in [3.05, 3.63) is 16.4 Å². The normalized spacial score (nSPS) is 29.9. The molecule has 90 valence electrons. The Labute approximate surface area is 100 Å². The number of aliphatic hydroxyl groups is 1. The Morgan fingerprint density at radius 2 is 2.38 bits per heavy atom. The van der Waals surface area contributed by atoms with Crippen molar-refractivity contribution in [2.45, 2.75) is 38.4 Å². The molecular weight excluding hydrogens is 228 g/mol. The Kier molecular flexibility index (Phi) is 2.99. The molecule has 2 atom stereocenters. The van der Waals surface area contributed by atoms with E-state index in [9.17, 15) is 5.11 Å². The maximum Gasteiger partial charge on any atom is 0.130 e. The first-order valence-electron chi connectivity index (χ1n) is 5.46. The Morgan fingerprint density at radius 3 is 2.81 bits per heavy atom. The zero-order chi connectivity index (χ0) is 11.9. The monoisotopic (exact) mass is 244 g/mol. The Morgan fingerprint density at radius 1 is 1.69 bits per heavy atom. The molecule has 2 heterocycles. The summed E-state index contributed by atoms with van der Waals surface area (Å²) in [7, 11) is 1.80. The van der Waals surface area contributed by atoms with Crippen LogP contribution >= 0.6 is 11.6 Å². The Bertz CT molecular complexity index is 405. The molecule has 1 N–H and O–H groups in total. The molecule has 2 unspecified atom stereocenters. The first-order valence-corrected chi connectivity index (χ1v) is 5.84. The van der Waals surface area contributed by atoms with Gasteiger partial charge in [-0.15, -0.1) is 0 Å². The maximum atomic E-state index is 10.5. The van der Waals surface area contributed by atoms with E-state index >= 15 is 0 Å². The van der Waals surface area contributed by atoms with Crippen molar-refractivity contribution in [3.8, 4) is 0 Å². The molecule has 0 amide bonds. The van der Waals surface area contributed by atoms with Gasteiger partial charge in [-0.3, -0.25) is 4.68 Å². The van der Waals surface area contributed by atoms with E-state index in [1.165, 1.54) is 0 Å².